The average Bonchev–Trinajstić information content (AvgIpc) is 2.60. The summed E-state index contributed by atoms with van der Waals surface area (Å²) >= 11 is 0. The minimum atomic E-state index is -3.57. The van der Waals surface area contributed by atoms with E-state index in [0.29, 0.717) is 6.54 Å². The van der Waals surface area contributed by atoms with Crippen molar-refractivity contribution in [1.82, 2.24) is 4.90 Å². The van der Waals surface area contributed by atoms with E-state index in [1.165, 1.54) is 19.3 Å². The van der Waals surface area contributed by atoms with Crippen LogP contribution in [-0.4, -0.2) is 37.6 Å². The van der Waals surface area contributed by atoms with E-state index in [4.69, 9.17) is 5.14 Å². The Morgan fingerprint density at radius 1 is 1.29 bits per heavy atom. The van der Waals surface area contributed by atoms with Gasteiger partial charge in [0.1, 0.15) is 5.25 Å². The molecule has 0 aromatic carbocycles. The third-order valence-electron chi connectivity index (χ3n) is 3.18. The van der Waals surface area contributed by atoms with E-state index in [2.05, 4.69) is 6.92 Å². The molecule has 1 saturated heterocycles. The molecule has 1 fully saturated rings. The number of hydrogen-bond donors (Lipinski definition) is 1. The van der Waals surface area contributed by atoms with Crippen molar-refractivity contribution in [2.24, 2.45) is 5.14 Å². The molecule has 0 bridgehead atoms. The molecule has 17 heavy (non-hydrogen) atoms. The monoisotopic (exact) mass is 262 g/mol. The maximum atomic E-state index is 11.6. The summed E-state index contributed by atoms with van der Waals surface area (Å²) in [6.45, 7) is 3.08. The summed E-state index contributed by atoms with van der Waals surface area (Å²) in [4.78, 5) is 13.2. The van der Waals surface area contributed by atoms with Crippen molar-refractivity contribution in [1.29, 1.82) is 0 Å². The van der Waals surface area contributed by atoms with Gasteiger partial charge in [0.05, 0.1) is 0 Å². The Morgan fingerprint density at radius 3 is 2.47 bits per heavy atom. The number of hydrogen-bond acceptors (Lipinski definition) is 3. The van der Waals surface area contributed by atoms with Crippen LogP contribution in [0.2, 0.25) is 0 Å². The molecule has 1 amide bonds. The van der Waals surface area contributed by atoms with E-state index >= 15 is 0 Å². The molecule has 0 aromatic heterocycles. The zero-order chi connectivity index (χ0) is 12.9. The lowest BCUT2D eigenvalue weighted by atomic mass is 10.1. The van der Waals surface area contributed by atoms with Crippen LogP contribution >= 0.6 is 0 Å². The Balaban J connectivity index is 2.29. The van der Waals surface area contributed by atoms with Crippen LogP contribution in [0.1, 0.15) is 45.4 Å². The minimum absolute atomic E-state index is 0.0494. The standard InChI is InChI=1S/C11H22N2O3S/c1-2-3-4-5-6-7-13-9-10(8-11(13)14)17(12,15)16/h10H,2-9H2,1H3,(H2,12,15,16). The van der Waals surface area contributed by atoms with Gasteiger partial charge in [-0.2, -0.15) is 0 Å². The number of nitrogens with two attached hydrogens (primary N) is 1. The summed E-state index contributed by atoms with van der Waals surface area (Å²) in [5.74, 6) is -0.0838. The molecule has 1 aliphatic rings. The molecule has 0 aromatic rings. The van der Waals surface area contributed by atoms with Gasteiger partial charge in [0.15, 0.2) is 0 Å². The van der Waals surface area contributed by atoms with Crippen molar-refractivity contribution in [3.05, 3.63) is 0 Å². The van der Waals surface area contributed by atoms with E-state index < -0.39 is 15.3 Å². The zero-order valence-electron chi connectivity index (χ0n) is 10.4. The first-order valence-electron chi connectivity index (χ1n) is 6.24. The Morgan fingerprint density at radius 2 is 1.94 bits per heavy atom. The van der Waals surface area contributed by atoms with Crippen LogP contribution in [0.15, 0.2) is 0 Å². The van der Waals surface area contributed by atoms with Crippen LogP contribution in [0.4, 0.5) is 0 Å². The molecule has 1 aliphatic heterocycles. The van der Waals surface area contributed by atoms with Crippen molar-refractivity contribution >= 4 is 15.9 Å². The molecule has 1 rings (SSSR count). The number of carbonyl (C=O) groups excluding carboxylic acids is 1. The summed E-state index contributed by atoms with van der Waals surface area (Å²) in [5.41, 5.74) is 0. The van der Waals surface area contributed by atoms with Crippen molar-refractivity contribution in [3.63, 3.8) is 0 Å². The number of sulfonamides is 1. The fourth-order valence-corrected chi connectivity index (χ4v) is 2.84. The second kappa shape index (κ2) is 6.35. The van der Waals surface area contributed by atoms with E-state index in [9.17, 15) is 13.2 Å². The molecule has 0 spiro atoms. The molecule has 0 saturated carbocycles. The highest BCUT2D eigenvalue weighted by molar-refractivity contribution is 7.89. The maximum Gasteiger partial charge on any atom is 0.224 e. The van der Waals surface area contributed by atoms with E-state index in [-0.39, 0.29) is 18.9 Å². The lowest BCUT2D eigenvalue weighted by Crippen LogP contribution is -2.32. The predicted molar refractivity (Wildman–Crippen MR) is 66.9 cm³/mol. The van der Waals surface area contributed by atoms with Crippen molar-refractivity contribution in [2.75, 3.05) is 13.1 Å². The van der Waals surface area contributed by atoms with E-state index in [1.54, 1.807) is 4.90 Å². The fraction of sp³-hybridized carbons (Fsp3) is 0.909. The summed E-state index contributed by atoms with van der Waals surface area (Å²) in [6.07, 6.45) is 5.68. The Bertz CT molecular complexity index is 354. The van der Waals surface area contributed by atoms with Crippen LogP contribution in [0.3, 0.4) is 0 Å². The second-order valence-corrected chi connectivity index (χ2v) is 6.51. The van der Waals surface area contributed by atoms with Crippen molar-refractivity contribution < 1.29 is 13.2 Å². The van der Waals surface area contributed by atoms with Gasteiger partial charge in [-0.15, -0.1) is 0 Å². The molecule has 1 atom stereocenters. The van der Waals surface area contributed by atoms with Crippen LogP contribution in [0.5, 0.6) is 0 Å². The number of likely N-dealkylation sites (tertiary alicyclic amines) is 1. The van der Waals surface area contributed by atoms with Gasteiger partial charge in [0.2, 0.25) is 15.9 Å². The van der Waals surface area contributed by atoms with E-state index in [1.807, 2.05) is 0 Å². The zero-order valence-corrected chi connectivity index (χ0v) is 11.2. The van der Waals surface area contributed by atoms with Gasteiger partial charge in [0.25, 0.3) is 0 Å². The number of primary sulfonamides is 1. The van der Waals surface area contributed by atoms with Crippen molar-refractivity contribution in [3.8, 4) is 0 Å². The topological polar surface area (TPSA) is 80.5 Å². The largest absolute Gasteiger partial charge is 0.341 e. The highest BCUT2D eigenvalue weighted by Crippen LogP contribution is 2.17. The molecular formula is C11H22N2O3S. The molecule has 5 nitrogen and oxygen atoms in total. The molecule has 6 heteroatoms. The summed E-state index contributed by atoms with van der Waals surface area (Å²) in [5, 5.41) is 4.35. The quantitative estimate of drug-likeness (QED) is 0.691. The Kier molecular flexibility index (Phi) is 5.39. The smallest absolute Gasteiger partial charge is 0.224 e. The van der Waals surface area contributed by atoms with Gasteiger partial charge in [-0.3, -0.25) is 4.79 Å². The summed E-state index contributed by atoms with van der Waals surface area (Å²) in [6, 6.07) is 0. The third kappa shape index (κ3) is 4.63. The number of amides is 1. The Labute approximate surface area is 103 Å². The molecule has 2 N–H and O–H groups in total. The average molecular weight is 262 g/mol. The molecule has 0 radical (unpaired) electrons. The second-order valence-electron chi connectivity index (χ2n) is 4.67. The highest BCUT2D eigenvalue weighted by Gasteiger charge is 2.35. The summed E-state index contributed by atoms with van der Waals surface area (Å²) < 4.78 is 22.3. The van der Waals surface area contributed by atoms with Crippen molar-refractivity contribution in [2.45, 2.75) is 50.7 Å². The van der Waals surface area contributed by atoms with Gasteiger partial charge in [0, 0.05) is 19.5 Å². The Hall–Kier alpha value is -0.620. The highest BCUT2D eigenvalue weighted by atomic mass is 32.2. The van der Waals surface area contributed by atoms with Crippen LogP contribution in [0, 0.1) is 0 Å². The molecule has 1 heterocycles. The van der Waals surface area contributed by atoms with Crippen LogP contribution in [0.25, 0.3) is 0 Å². The van der Waals surface area contributed by atoms with Gasteiger partial charge >= 0.3 is 0 Å². The molecule has 100 valence electrons. The van der Waals surface area contributed by atoms with Gasteiger partial charge in [-0.25, -0.2) is 13.6 Å². The normalized spacial score (nSPS) is 21.2. The number of rotatable bonds is 7. The molecule has 1 unspecified atom stereocenters. The van der Waals surface area contributed by atoms with Gasteiger partial charge < -0.3 is 4.90 Å². The number of carbonyl (C=O) groups is 1. The predicted octanol–water partition coefficient (Wildman–Crippen LogP) is 0.846. The first kappa shape index (κ1) is 14.4. The maximum absolute atomic E-state index is 11.6. The fourth-order valence-electron chi connectivity index (χ4n) is 2.08. The van der Waals surface area contributed by atoms with Gasteiger partial charge in [-0.05, 0) is 6.42 Å². The van der Waals surface area contributed by atoms with Crippen LogP contribution < -0.4 is 5.14 Å². The summed E-state index contributed by atoms with van der Waals surface area (Å²) in [7, 11) is -3.57. The molecule has 0 aliphatic carbocycles. The number of unbranched alkanes of at least 4 members (excludes halogenated alkanes) is 4. The van der Waals surface area contributed by atoms with Crippen LogP contribution in [-0.2, 0) is 14.8 Å². The first-order chi connectivity index (χ1) is 7.95. The molecular weight excluding hydrogens is 240 g/mol. The van der Waals surface area contributed by atoms with Gasteiger partial charge in [-0.1, -0.05) is 32.6 Å². The van der Waals surface area contributed by atoms with E-state index in [0.717, 1.165) is 12.8 Å². The number of nitrogens with zero attached hydrogens (tertiary/aromatic N) is 1. The lowest BCUT2D eigenvalue weighted by Gasteiger charge is -2.15. The minimum Gasteiger partial charge on any atom is -0.341 e. The lowest BCUT2D eigenvalue weighted by molar-refractivity contribution is -0.127. The SMILES string of the molecule is CCCCCCCN1CC(S(N)(=O)=O)CC1=O. The third-order valence-corrected chi connectivity index (χ3v) is 4.42. The first-order valence-corrected chi connectivity index (χ1v) is 7.85.